The fourth-order valence-corrected chi connectivity index (χ4v) is 5.30. The second-order valence-corrected chi connectivity index (χ2v) is 10.1. The molecule has 2 bridgehead atoms. The Morgan fingerprint density at radius 3 is 2.48 bits per heavy atom. The van der Waals surface area contributed by atoms with Gasteiger partial charge in [-0.05, 0) is 18.4 Å². The minimum absolute atomic E-state index is 0.0962. The predicted molar refractivity (Wildman–Crippen MR) is 146 cm³/mol. The summed E-state index contributed by atoms with van der Waals surface area (Å²) >= 11 is 0. The van der Waals surface area contributed by atoms with Gasteiger partial charge >= 0.3 is 17.9 Å². The van der Waals surface area contributed by atoms with Gasteiger partial charge in [-0.15, -0.1) is 0 Å². The average molecular weight is 592 g/mol. The van der Waals surface area contributed by atoms with Crippen molar-refractivity contribution in [1.29, 1.82) is 0 Å². The highest BCUT2D eigenvalue weighted by Gasteiger charge is 2.53. The zero-order valence-electron chi connectivity index (χ0n) is 23.1. The lowest BCUT2D eigenvalue weighted by molar-refractivity contribution is -0.183. The van der Waals surface area contributed by atoms with Crippen molar-refractivity contribution in [3.05, 3.63) is 35.9 Å². The van der Waals surface area contributed by atoms with Crippen molar-refractivity contribution < 1.29 is 43.8 Å². The number of nitrogens with two attached hydrogens (primary N) is 3. The summed E-state index contributed by atoms with van der Waals surface area (Å²) in [5, 5.41) is 23.3. The molecule has 0 spiro atoms. The summed E-state index contributed by atoms with van der Waals surface area (Å²) in [5.74, 6) is -6.45. The normalized spacial score (nSPS) is 25.6. The van der Waals surface area contributed by atoms with Crippen LogP contribution in [0.25, 0.3) is 0 Å². The van der Waals surface area contributed by atoms with Crippen LogP contribution in [0.1, 0.15) is 24.8 Å². The Morgan fingerprint density at radius 1 is 1.19 bits per heavy atom. The molecule has 2 fully saturated rings. The highest BCUT2D eigenvalue weighted by atomic mass is 16.7. The van der Waals surface area contributed by atoms with Gasteiger partial charge in [-0.1, -0.05) is 30.3 Å². The van der Waals surface area contributed by atoms with Gasteiger partial charge in [0, 0.05) is 19.0 Å². The lowest BCUT2D eigenvalue weighted by Gasteiger charge is -2.35. The monoisotopic (exact) mass is 591 g/mol. The van der Waals surface area contributed by atoms with Gasteiger partial charge in [-0.25, -0.2) is 4.79 Å². The molecule has 230 valence electrons. The number of methoxy groups -OCH3 is 1. The summed E-state index contributed by atoms with van der Waals surface area (Å²) in [4.78, 5) is 75.0. The van der Waals surface area contributed by atoms with Gasteiger partial charge in [-0.2, -0.15) is 5.06 Å². The van der Waals surface area contributed by atoms with Crippen LogP contribution in [0.4, 0.5) is 0 Å². The second-order valence-electron chi connectivity index (χ2n) is 10.1. The van der Waals surface area contributed by atoms with E-state index >= 15 is 0 Å². The number of aliphatic carboxylic acids is 2. The van der Waals surface area contributed by atoms with Gasteiger partial charge in [0.2, 0.25) is 11.8 Å². The number of nitrogens with one attached hydrogen (secondary N) is 1. The van der Waals surface area contributed by atoms with Crippen molar-refractivity contribution in [2.24, 2.45) is 28.1 Å². The van der Waals surface area contributed by atoms with E-state index in [1.807, 2.05) is 0 Å². The molecule has 3 rings (SSSR count). The Bertz CT molecular complexity index is 1180. The first kappa shape index (κ1) is 32.2. The van der Waals surface area contributed by atoms with Crippen molar-refractivity contribution in [1.82, 2.24) is 15.3 Å². The Kier molecular flexibility index (Phi) is 11.2. The zero-order valence-corrected chi connectivity index (χ0v) is 23.1. The molecule has 16 nitrogen and oxygen atoms in total. The van der Waals surface area contributed by atoms with Crippen molar-refractivity contribution in [3.8, 4) is 0 Å². The molecule has 0 aromatic heterocycles. The van der Waals surface area contributed by atoms with Gasteiger partial charge in [0.1, 0.15) is 30.7 Å². The molecule has 2 aliphatic rings. The number of aliphatic imine (C=N–C) groups is 1. The first-order valence-electron chi connectivity index (χ1n) is 13.3. The van der Waals surface area contributed by atoms with E-state index in [2.05, 4.69) is 10.3 Å². The smallest absolute Gasteiger partial charge is 0.326 e. The molecule has 2 aliphatic heterocycles. The SMILES string of the molecule is COC(=O)[C@@H]1[C@@H]([C@@H](N)CCCN=C(N)N)N2CC(=O)N[C@@H](CC(=O)O)C(=O)N([C@@H](Cc3ccccc3)C(=O)O)C[C@@H]1O2. The number of guanidine groups is 1. The first-order valence-corrected chi connectivity index (χ1v) is 13.3. The van der Waals surface area contributed by atoms with Crippen molar-refractivity contribution in [2.75, 3.05) is 26.7 Å². The summed E-state index contributed by atoms with van der Waals surface area (Å²) in [6.45, 7) is -0.649. The Labute approximate surface area is 241 Å². The summed E-state index contributed by atoms with van der Waals surface area (Å²) in [6.07, 6.45) is -1.36. The fraction of sp³-hybridized carbons (Fsp3) is 0.538. The van der Waals surface area contributed by atoms with E-state index in [9.17, 15) is 34.2 Å². The number of hydroxylamine groups is 2. The Balaban J connectivity index is 2.04. The number of carbonyl (C=O) groups is 5. The molecule has 0 aliphatic carbocycles. The number of ether oxygens (including phenoxy) is 1. The van der Waals surface area contributed by atoms with E-state index in [0.717, 1.165) is 12.0 Å². The number of hydrogen-bond acceptors (Lipinski definition) is 10. The summed E-state index contributed by atoms with van der Waals surface area (Å²) in [6, 6.07) is 3.77. The number of fused-ring (bicyclic) bond motifs is 2. The van der Waals surface area contributed by atoms with Crippen LogP contribution in [0, 0.1) is 5.92 Å². The molecule has 0 radical (unpaired) electrons. The fourth-order valence-electron chi connectivity index (χ4n) is 5.30. The number of esters is 1. The molecule has 9 N–H and O–H groups in total. The maximum Gasteiger partial charge on any atom is 0.326 e. The third-order valence-corrected chi connectivity index (χ3v) is 7.18. The van der Waals surface area contributed by atoms with Crippen LogP contribution in [0.3, 0.4) is 0 Å². The summed E-state index contributed by atoms with van der Waals surface area (Å²) < 4.78 is 5.04. The molecule has 2 saturated heterocycles. The lowest BCUT2D eigenvalue weighted by atomic mass is 9.87. The standard InChI is InChI=1S/C26H37N7O9/c1-41-25(40)21-18-12-32(17(24(38)39)10-14-6-3-2-4-7-14)23(37)16(11-20(35)36)31-19(34)13-33(42-18)22(21)15(27)8-5-9-30-26(28)29/h2-4,6-7,15-18,21-22H,5,8-13,27H2,1H3,(H,31,34)(H,35,36)(H,38,39)(H4,28,29,30)/t15-,16-,17-,18-,21-,22+/m0/s1. The molecule has 2 amide bonds. The maximum atomic E-state index is 13.8. The molecule has 16 heteroatoms. The van der Waals surface area contributed by atoms with E-state index in [0.29, 0.717) is 18.4 Å². The Hall–Kier alpha value is -4.28. The van der Waals surface area contributed by atoms with Gasteiger partial charge < -0.3 is 42.4 Å². The summed E-state index contributed by atoms with van der Waals surface area (Å²) in [5.41, 5.74) is 17.8. The van der Waals surface area contributed by atoms with Crippen LogP contribution in [0.5, 0.6) is 0 Å². The van der Waals surface area contributed by atoms with E-state index in [-0.39, 0.29) is 18.9 Å². The van der Waals surface area contributed by atoms with Crippen molar-refractivity contribution >= 4 is 35.7 Å². The molecule has 1 aromatic carbocycles. The van der Waals surface area contributed by atoms with Crippen LogP contribution in [-0.4, -0.2) is 113 Å². The van der Waals surface area contributed by atoms with Crippen LogP contribution < -0.4 is 22.5 Å². The van der Waals surface area contributed by atoms with Crippen LogP contribution in [0.15, 0.2) is 35.3 Å². The molecular formula is C26H37N7O9. The number of nitrogens with zero attached hydrogens (tertiary/aromatic N) is 3. The van der Waals surface area contributed by atoms with Crippen molar-refractivity contribution in [2.45, 2.75) is 56.0 Å². The van der Waals surface area contributed by atoms with E-state index in [1.54, 1.807) is 30.3 Å². The highest BCUT2D eigenvalue weighted by molar-refractivity contribution is 5.93. The highest BCUT2D eigenvalue weighted by Crippen LogP contribution is 2.33. The topological polar surface area (TPSA) is 253 Å². The summed E-state index contributed by atoms with van der Waals surface area (Å²) in [7, 11) is 1.16. The van der Waals surface area contributed by atoms with Gasteiger partial charge in [0.05, 0.1) is 26.1 Å². The second kappa shape index (κ2) is 14.6. The third kappa shape index (κ3) is 8.14. The van der Waals surface area contributed by atoms with Crippen LogP contribution in [-0.2, 0) is 40.0 Å². The minimum Gasteiger partial charge on any atom is -0.481 e. The number of carbonyl (C=O) groups excluding carboxylic acids is 3. The van der Waals surface area contributed by atoms with Gasteiger partial charge in [-0.3, -0.25) is 29.0 Å². The average Bonchev–Trinajstić information content (AvgIpc) is 3.28. The number of rotatable bonds is 12. The molecule has 7 atom stereocenters. The van der Waals surface area contributed by atoms with Crippen molar-refractivity contribution in [3.63, 3.8) is 0 Å². The van der Waals surface area contributed by atoms with Crippen LogP contribution >= 0.6 is 0 Å². The molecule has 2 heterocycles. The van der Waals surface area contributed by atoms with E-state index in [1.165, 1.54) is 5.06 Å². The molecule has 1 aromatic rings. The minimum atomic E-state index is -1.57. The third-order valence-electron chi connectivity index (χ3n) is 7.18. The number of carboxylic acid groups (broad SMARTS) is 2. The van der Waals surface area contributed by atoms with Gasteiger partial charge in [0.25, 0.3) is 0 Å². The quantitative estimate of drug-likeness (QED) is 0.0644. The van der Waals surface area contributed by atoms with E-state index < -0.39 is 85.4 Å². The molecule has 1 unspecified atom stereocenters. The molecule has 0 saturated carbocycles. The number of amides is 2. The number of benzene rings is 1. The Morgan fingerprint density at radius 2 is 1.88 bits per heavy atom. The molecular weight excluding hydrogens is 554 g/mol. The first-order chi connectivity index (χ1) is 19.9. The largest absolute Gasteiger partial charge is 0.481 e. The van der Waals surface area contributed by atoms with E-state index in [4.69, 9.17) is 26.8 Å². The van der Waals surface area contributed by atoms with Gasteiger partial charge in [0.15, 0.2) is 5.96 Å². The number of carboxylic acids is 2. The zero-order chi connectivity index (χ0) is 31.0. The number of hydrogen-bond donors (Lipinski definition) is 6. The lowest BCUT2D eigenvalue weighted by Crippen LogP contribution is -2.58. The predicted octanol–water partition coefficient (Wildman–Crippen LogP) is -2.36. The van der Waals surface area contributed by atoms with Crippen LogP contribution in [0.2, 0.25) is 0 Å². The molecule has 42 heavy (non-hydrogen) atoms. The maximum absolute atomic E-state index is 13.8.